The van der Waals surface area contributed by atoms with E-state index in [2.05, 4.69) is 0 Å². The second kappa shape index (κ2) is 3.81. The second-order valence-corrected chi connectivity index (χ2v) is 7.86. The van der Waals surface area contributed by atoms with Crippen molar-refractivity contribution >= 4 is 0 Å². The third-order valence-corrected chi connectivity index (χ3v) is 7.62. The van der Waals surface area contributed by atoms with Gasteiger partial charge in [0.15, 0.2) is 24.2 Å². The molecule has 4 N–H and O–H groups in total. The van der Waals surface area contributed by atoms with Gasteiger partial charge in [-0.3, -0.25) is 0 Å². The Hall–Kier alpha value is -0.400. The number of nitrogens with one attached hydrogen (secondary N) is 4. The molecule has 2 aliphatic heterocycles. The van der Waals surface area contributed by atoms with E-state index in [4.69, 9.17) is 9.88 Å². The van der Waals surface area contributed by atoms with Crippen molar-refractivity contribution in [1.82, 2.24) is 0 Å². The van der Waals surface area contributed by atoms with Crippen LogP contribution in [0.15, 0.2) is 0 Å². The van der Waals surface area contributed by atoms with E-state index in [9.17, 15) is 20.8 Å². The van der Waals surface area contributed by atoms with Crippen molar-refractivity contribution < 1.29 is 30.8 Å². The number of hydrogen-bond acceptors (Lipinski definition) is 6. The molecule has 10 heteroatoms. The molecule has 6 fully saturated rings. The summed E-state index contributed by atoms with van der Waals surface area (Å²) in [7, 11) is 0. The summed E-state index contributed by atoms with van der Waals surface area (Å²) in [4.78, 5) is 9.73. The smallest absolute Gasteiger partial charge is 0.181 e. The number of quaternary nitrogens is 4. The van der Waals surface area contributed by atoms with Gasteiger partial charge in [-0.05, 0) is 34.6 Å². The highest BCUT2D eigenvalue weighted by Crippen LogP contribution is 2.66. The predicted molar refractivity (Wildman–Crippen MR) is 64.8 cm³/mol. The van der Waals surface area contributed by atoms with Gasteiger partial charge >= 0.3 is 0 Å². The topological polar surface area (TPSA) is 128 Å². The van der Waals surface area contributed by atoms with Gasteiger partial charge in [-0.2, -0.15) is 20.9 Å². The fourth-order valence-corrected chi connectivity index (χ4v) is 7.40. The van der Waals surface area contributed by atoms with Crippen LogP contribution in [-0.4, -0.2) is 24.2 Å². The molecule has 6 aliphatic rings. The Bertz CT molecular complexity index is 454. The van der Waals surface area contributed by atoms with Gasteiger partial charge in [-0.15, -0.1) is 0 Å². The molecule has 0 aromatic heterocycles. The summed E-state index contributed by atoms with van der Waals surface area (Å²) in [6.07, 6.45) is 1.75. The van der Waals surface area contributed by atoms with E-state index in [1.807, 2.05) is 0 Å². The Morgan fingerprint density at radius 2 is 0.818 bits per heavy atom. The number of fused-ring (bicyclic) bond motifs is 15. The molecule has 4 saturated carbocycles. The first-order valence-electron chi connectivity index (χ1n) is 8.09. The SMILES string of the molecule is [O-][NH+]1O[NH+]([O-])C2C3CC(C4C5CC(C34)C3C5[NH+]([O-])O[NH+]3[O-])C21. The summed E-state index contributed by atoms with van der Waals surface area (Å²) < 4.78 is 0. The van der Waals surface area contributed by atoms with Crippen molar-refractivity contribution in [1.29, 1.82) is 0 Å². The van der Waals surface area contributed by atoms with E-state index in [-0.39, 0.29) is 80.6 Å². The highest BCUT2D eigenvalue weighted by Gasteiger charge is 2.79. The Morgan fingerprint density at radius 1 is 0.545 bits per heavy atom. The molecule has 0 aromatic rings. The fourth-order valence-electron chi connectivity index (χ4n) is 7.40. The molecule has 2 heterocycles. The zero-order valence-corrected chi connectivity index (χ0v) is 11.6. The van der Waals surface area contributed by atoms with E-state index < -0.39 is 0 Å². The van der Waals surface area contributed by atoms with Gasteiger partial charge < -0.3 is 20.8 Å². The molecule has 4 bridgehead atoms. The second-order valence-electron chi connectivity index (χ2n) is 7.86. The molecule has 0 amide bonds. The highest BCUT2D eigenvalue weighted by molar-refractivity contribution is 5.18. The lowest BCUT2D eigenvalue weighted by molar-refractivity contribution is -1.28. The number of hydrogen-bond donors (Lipinski definition) is 4. The lowest BCUT2D eigenvalue weighted by atomic mass is 9.65. The molecule has 10 nitrogen and oxygen atoms in total. The first-order valence-corrected chi connectivity index (χ1v) is 8.09. The van der Waals surface area contributed by atoms with Crippen molar-refractivity contribution in [3.8, 4) is 0 Å². The molecule has 0 radical (unpaired) electrons. The molecule has 22 heavy (non-hydrogen) atoms. The summed E-state index contributed by atoms with van der Waals surface area (Å²) in [5.41, 5.74) is 0. The molecule has 4 aliphatic carbocycles. The average molecular weight is 314 g/mol. The van der Waals surface area contributed by atoms with Crippen LogP contribution in [-0.2, 0) is 9.88 Å². The third kappa shape index (κ3) is 1.19. The van der Waals surface area contributed by atoms with Crippen molar-refractivity contribution in [3.63, 3.8) is 0 Å². The summed E-state index contributed by atoms with van der Waals surface area (Å²) in [6, 6.07) is -1.20. The Labute approximate surface area is 125 Å². The van der Waals surface area contributed by atoms with Crippen LogP contribution in [0.2, 0.25) is 0 Å². The van der Waals surface area contributed by atoms with E-state index in [0.29, 0.717) is 0 Å². The molecule has 12 unspecified atom stereocenters. The van der Waals surface area contributed by atoms with Crippen LogP contribution in [0.3, 0.4) is 0 Å². The monoisotopic (exact) mass is 314 g/mol. The largest absolute Gasteiger partial charge is 0.595 e. The number of rotatable bonds is 0. The molecular weight excluding hydrogens is 296 g/mol. The molecule has 6 rings (SSSR count). The minimum Gasteiger partial charge on any atom is -0.595 e. The predicted octanol–water partition coefficient (Wildman–Crippen LogP) is -5.76. The van der Waals surface area contributed by atoms with Gasteiger partial charge in [0.05, 0.1) is 0 Å². The summed E-state index contributed by atoms with van der Waals surface area (Å²) >= 11 is 0. The summed E-state index contributed by atoms with van der Waals surface area (Å²) in [6.45, 7) is 0. The van der Waals surface area contributed by atoms with Gasteiger partial charge in [-0.1, -0.05) is 0 Å². The van der Waals surface area contributed by atoms with Crippen LogP contribution in [0.25, 0.3) is 0 Å². The fraction of sp³-hybridized carbons (Fsp3) is 1.00. The van der Waals surface area contributed by atoms with Gasteiger partial charge in [-0.25, -0.2) is 0 Å². The van der Waals surface area contributed by atoms with Crippen molar-refractivity contribution in [2.45, 2.75) is 37.0 Å². The average Bonchev–Trinajstić information content (AvgIpc) is 3.21. The lowest BCUT2D eigenvalue weighted by Crippen LogP contribution is -3.19. The van der Waals surface area contributed by atoms with Gasteiger partial charge in [0.2, 0.25) is 0 Å². The van der Waals surface area contributed by atoms with Gasteiger partial charge in [0, 0.05) is 23.7 Å². The lowest BCUT2D eigenvalue weighted by Gasteiger charge is -2.41. The van der Waals surface area contributed by atoms with E-state index in [0.717, 1.165) is 12.8 Å². The van der Waals surface area contributed by atoms with Gasteiger partial charge in [0.25, 0.3) is 0 Å². The normalized spacial score (nSPS) is 73.6. The van der Waals surface area contributed by atoms with Crippen molar-refractivity contribution in [2.75, 3.05) is 0 Å². The van der Waals surface area contributed by atoms with Crippen LogP contribution in [0.4, 0.5) is 0 Å². The van der Waals surface area contributed by atoms with Crippen LogP contribution >= 0.6 is 0 Å². The summed E-state index contributed by atoms with van der Waals surface area (Å²) in [5.74, 6) is 1.18. The summed E-state index contributed by atoms with van der Waals surface area (Å²) in [5, 5.41) is 46.5. The zero-order chi connectivity index (χ0) is 14.9. The van der Waals surface area contributed by atoms with E-state index >= 15 is 0 Å². The minimum absolute atomic E-state index is 0.151. The zero-order valence-electron chi connectivity index (χ0n) is 11.6. The van der Waals surface area contributed by atoms with E-state index in [1.165, 1.54) is 0 Å². The molecule has 12 atom stereocenters. The minimum atomic E-state index is -0.370. The molecule has 122 valence electrons. The molecule has 0 spiro atoms. The third-order valence-electron chi connectivity index (χ3n) is 7.62. The Morgan fingerprint density at radius 3 is 1.09 bits per heavy atom. The molecule has 0 aromatic carbocycles. The van der Waals surface area contributed by atoms with Crippen LogP contribution in [0, 0.1) is 56.3 Å². The molecule has 2 saturated heterocycles. The van der Waals surface area contributed by atoms with E-state index in [1.54, 1.807) is 0 Å². The van der Waals surface area contributed by atoms with Crippen molar-refractivity contribution in [2.24, 2.45) is 35.5 Å². The first-order chi connectivity index (χ1) is 10.6. The first kappa shape index (κ1) is 13.0. The van der Waals surface area contributed by atoms with Crippen molar-refractivity contribution in [3.05, 3.63) is 20.8 Å². The maximum atomic E-state index is 12.0. The maximum Gasteiger partial charge on any atom is 0.181 e. The quantitative estimate of drug-likeness (QED) is 0.260. The highest BCUT2D eigenvalue weighted by atomic mass is 17.1. The van der Waals surface area contributed by atoms with Crippen LogP contribution in [0.5, 0.6) is 0 Å². The Balaban J connectivity index is 1.41. The number of hydroxylamine groups is 8. The van der Waals surface area contributed by atoms with Gasteiger partial charge in [0.1, 0.15) is 0 Å². The molecular formula is C12H18N4O6. The van der Waals surface area contributed by atoms with Crippen LogP contribution in [0.1, 0.15) is 12.8 Å². The standard InChI is InChI=1S/C12H18N4O6/c17-13-9-3-1-4(10(9)14(18)21-13)8-6-2-5(7(3)8)11-12(6)16(20)22-15(11)19/h3-16H,1-2H2. The maximum absolute atomic E-state index is 12.0. The Kier molecular flexibility index (Phi) is 2.24. The van der Waals surface area contributed by atoms with Crippen LogP contribution < -0.4 is 20.9 Å².